The molecule has 2 atom stereocenters. The van der Waals surface area contributed by atoms with Crippen molar-refractivity contribution >= 4 is 11.8 Å². The zero-order chi connectivity index (χ0) is 13.5. The van der Waals surface area contributed by atoms with E-state index in [1.807, 2.05) is 0 Å². The SMILES string of the molecule is CCCCC(CC)CNCC1Cc2ccccc2S1. The van der Waals surface area contributed by atoms with Gasteiger partial charge in [-0.2, -0.15) is 0 Å². The zero-order valence-corrected chi connectivity index (χ0v) is 13.1. The van der Waals surface area contributed by atoms with E-state index in [9.17, 15) is 0 Å². The van der Waals surface area contributed by atoms with Gasteiger partial charge in [-0.05, 0) is 36.9 Å². The molecule has 1 aliphatic rings. The van der Waals surface area contributed by atoms with Gasteiger partial charge in [0.2, 0.25) is 0 Å². The van der Waals surface area contributed by atoms with Crippen LogP contribution in [-0.2, 0) is 6.42 Å². The van der Waals surface area contributed by atoms with E-state index in [2.05, 4.69) is 55.2 Å². The van der Waals surface area contributed by atoms with E-state index in [0.717, 1.165) is 17.7 Å². The lowest BCUT2D eigenvalue weighted by Crippen LogP contribution is -2.29. The van der Waals surface area contributed by atoms with Gasteiger partial charge in [-0.15, -0.1) is 11.8 Å². The van der Waals surface area contributed by atoms with Crippen LogP contribution in [0.15, 0.2) is 29.2 Å². The third kappa shape index (κ3) is 4.54. The van der Waals surface area contributed by atoms with Crippen LogP contribution < -0.4 is 5.32 Å². The molecule has 1 aromatic carbocycles. The van der Waals surface area contributed by atoms with Gasteiger partial charge >= 0.3 is 0 Å². The van der Waals surface area contributed by atoms with Gasteiger partial charge in [0.25, 0.3) is 0 Å². The van der Waals surface area contributed by atoms with Crippen molar-refractivity contribution in [2.75, 3.05) is 13.1 Å². The molecule has 0 aliphatic carbocycles. The average molecular weight is 277 g/mol. The van der Waals surface area contributed by atoms with Gasteiger partial charge in [0.05, 0.1) is 0 Å². The van der Waals surface area contributed by atoms with Crippen LogP contribution in [-0.4, -0.2) is 18.3 Å². The Labute approximate surface area is 122 Å². The number of hydrogen-bond donors (Lipinski definition) is 1. The summed E-state index contributed by atoms with van der Waals surface area (Å²) in [4.78, 5) is 1.49. The van der Waals surface area contributed by atoms with Gasteiger partial charge in [-0.1, -0.05) is 51.3 Å². The lowest BCUT2D eigenvalue weighted by atomic mass is 9.99. The van der Waals surface area contributed by atoms with Crippen LogP contribution in [0.3, 0.4) is 0 Å². The highest BCUT2D eigenvalue weighted by Crippen LogP contribution is 2.36. The number of nitrogens with one attached hydrogen (secondary N) is 1. The van der Waals surface area contributed by atoms with E-state index in [1.165, 1.54) is 49.1 Å². The summed E-state index contributed by atoms with van der Waals surface area (Å²) in [7, 11) is 0. The quantitative estimate of drug-likeness (QED) is 0.750. The molecule has 0 spiro atoms. The molecule has 1 aliphatic heterocycles. The highest BCUT2D eigenvalue weighted by Gasteiger charge is 2.21. The molecule has 2 unspecified atom stereocenters. The Balaban J connectivity index is 1.67. The standard InChI is InChI=1S/C17H27NS/c1-3-5-8-14(4-2)12-18-13-16-11-15-9-6-7-10-17(15)19-16/h6-7,9-10,14,16,18H,3-5,8,11-13H2,1-2H3. The smallest absolute Gasteiger partial charge is 0.0260 e. The first-order valence-corrected chi connectivity index (χ1v) is 8.66. The van der Waals surface area contributed by atoms with E-state index in [-0.39, 0.29) is 0 Å². The summed E-state index contributed by atoms with van der Waals surface area (Å²) < 4.78 is 0. The Morgan fingerprint density at radius 3 is 2.89 bits per heavy atom. The molecule has 0 amide bonds. The molecular formula is C17H27NS. The first-order chi connectivity index (χ1) is 9.33. The third-order valence-electron chi connectivity index (χ3n) is 4.06. The van der Waals surface area contributed by atoms with Crippen LogP contribution in [0.5, 0.6) is 0 Å². The number of rotatable bonds is 8. The minimum absolute atomic E-state index is 0.737. The number of hydrogen-bond acceptors (Lipinski definition) is 2. The Bertz CT molecular complexity index is 352. The van der Waals surface area contributed by atoms with E-state index >= 15 is 0 Å². The molecule has 1 aromatic rings. The fourth-order valence-corrected chi connectivity index (χ4v) is 4.04. The highest BCUT2D eigenvalue weighted by molar-refractivity contribution is 8.00. The second-order valence-corrected chi connectivity index (χ2v) is 6.97. The molecule has 0 aromatic heterocycles. The van der Waals surface area contributed by atoms with Crippen molar-refractivity contribution in [3.8, 4) is 0 Å². The topological polar surface area (TPSA) is 12.0 Å². The van der Waals surface area contributed by atoms with Crippen LogP contribution in [0.1, 0.15) is 45.1 Å². The van der Waals surface area contributed by atoms with Crippen molar-refractivity contribution in [3.63, 3.8) is 0 Å². The minimum atomic E-state index is 0.737. The molecular weight excluding hydrogens is 250 g/mol. The summed E-state index contributed by atoms with van der Waals surface area (Å²) in [6, 6.07) is 8.85. The minimum Gasteiger partial charge on any atom is -0.315 e. The summed E-state index contributed by atoms with van der Waals surface area (Å²) in [5.41, 5.74) is 1.54. The van der Waals surface area contributed by atoms with Crippen molar-refractivity contribution in [1.82, 2.24) is 5.32 Å². The summed E-state index contributed by atoms with van der Waals surface area (Å²) in [6.07, 6.45) is 6.64. The Kier molecular flexibility index (Phi) is 6.25. The first kappa shape index (κ1) is 14.9. The summed E-state index contributed by atoms with van der Waals surface area (Å²) in [5, 5.41) is 4.44. The van der Waals surface area contributed by atoms with Gasteiger partial charge in [-0.3, -0.25) is 0 Å². The fourth-order valence-electron chi connectivity index (χ4n) is 2.76. The Morgan fingerprint density at radius 1 is 1.32 bits per heavy atom. The molecule has 1 N–H and O–H groups in total. The van der Waals surface area contributed by atoms with E-state index < -0.39 is 0 Å². The number of unbranched alkanes of at least 4 members (excludes halogenated alkanes) is 1. The molecule has 1 nitrogen and oxygen atoms in total. The summed E-state index contributed by atoms with van der Waals surface area (Å²) in [5.74, 6) is 0.869. The van der Waals surface area contributed by atoms with Gasteiger partial charge in [0.15, 0.2) is 0 Å². The van der Waals surface area contributed by atoms with E-state index in [1.54, 1.807) is 0 Å². The monoisotopic (exact) mass is 277 g/mol. The molecule has 0 bridgehead atoms. The predicted octanol–water partition coefficient (Wildman–Crippen LogP) is 4.51. The second kappa shape index (κ2) is 7.96. The number of benzene rings is 1. The molecule has 2 rings (SSSR count). The van der Waals surface area contributed by atoms with Crippen molar-refractivity contribution in [1.29, 1.82) is 0 Å². The summed E-state index contributed by atoms with van der Waals surface area (Å²) >= 11 is 2.05. The van der Waals surface area contributed by atoms with Gasteiger partial charge in [0, 0.05) is 16.7 Å². The maximum absolute atomic E-state index is 3.70. The van der Waals surface area contributed by atoms with Crippen molar-refractivity contribution in [2.45, 2.75) is 56.1 Å². The molecule has 0 radical (unpaired) electrons. The third-order valence-corrected chi connectivity index (χ3v) is 5.38. The molecule has 0 saturated heterocycles. The molecule has 19 heavy (non-hydrogen) atoms. The maximum atomic E-state index is 3.70. The number of thioether (sulfide) groups is 1. The van der Waals surface area contributed by atoms with E-state index in [4.69, 9.17) is 0 Å². The van der Waals surface area contributed by atoms with Crippen LogP contribution in [0.4, 0.5) is 0 Å². The lowest BCUT2D eigenvalue weighted by molar-refractivity contribution is 0.420. The van der Waals surface area contributed by atoms with Crippen LogP contribution in [0, 0.1) is 5.92 Å². The van der Waals surface area contributed by atoms with Gasteiger partial charge < -0.3 is 5.32 Å². The molecule has 0 fully saturated rings. The van der Waals surface area contributed by atoms with Crippen molar-refractivity contribution in [2.24, 2.45) is 5.92 Å². The first-order valence-electron chi connectivity index (χ1n) is 7.78. The second-order valence-electron chi connectivity index (χ2n) is 5.63. The van der Waals surface area contributed by atoms with Gasteiger partial charge in [0.1, 0.15) is 0 Å². The Hall–Kier alpha value is -0.470. The van der Waals surface area contributed by atoms with Crippen LogP contribution in [0.25, 0.3) is 0 Å². The fraction of sp³-hybridized carbons (Fsp3) is 0.647. The molecule has 1 heterocycles. The number of fused-ring (bicyclic) bond motifs is 1. The van der Waals surface area contributed by atoms with Gasteiger partial charge in [-0.25, -0.2) is 0 Å². The molecule has 106 valence electrons. The normalized spacial score (nSPS) is 19.4. The molecule has 2 heteroatoms. The lowest BCUT2D eigenvalue weighted by Gasteiger charge is -2.17. The average Bonchev–Trinajstić information content (AvgIpc) is 2.85. The van der Waals surface area contributed by atoms with E-state index in [0.29, 0.717) is 0 Å². The Morgan fingerprint density at radius 2 is 2.16 bits per heavy atom. The largest absolute Gasteiger partial charge is 0.315 e. The predicted molar refractivity (Wildman–Crippen MR) is 86.0 cm³/mol. The van der Waals surface area contributed by atoms with Crippen molar-refractivity contribution < 1.29 is 0 Å². The molecule has 0 saturated carbocycles. The van der Waals surface area contributed by atoms with Crippen molar-refractivity contribution in [3.05, 3.63) is 29.8 Å². The summed E-state index contributed by atoms with van der Waals surface area (Å²) in [6.45, 7) is 6.96. The highest BCUT2D eigenvalue weighted by atomic mass is 32.2. The zero-order valence-electron chi connectivity index (χ0n) is 12.3. The van der Waals surface area contributed by atoms with Crippen LogP contribution >= 0.6 is 11.8 Å². The maximum Gasteiger partial charge on any atom is 0.0260 e. The van der Waals surface area contributed by atoms with Crippen LogP contribution in [0.2, 0.25) is 0 Å².